The highest BCUT2D eigenvalue weighted by Crippen LogP contribution is 2.19. The number of likely N-dealkylation sites (N-methyl/N-ethyl adjacent to an activating group) is 1. The van der Waals surface area contributed by atoms with Crippen LogP contribution in [0.2, 0.25) is 5.02 Å². The Morgan fingerprint density at radius 3 is 2.68 bits per heavy atom. The van der Waals surface area contributed by atoms with Gasteiger partial charge in [0.15, 0.2) is 12.4 Å². The second-order valence-electron chi connectivity index (χ2n) is 6.09. The number of carbonyl (C=O) groups is 2. The molecule has 28 heavy (non-hydrogen) atoms. The molecule has 0 saturated carbocycles. The molecule has 1 N–H and O–H groups in total. The summed E-state index contributed by atoms with van der Waals surface area (Å²) in [5.41, 5.74) is 1.40. The van der Waals surface area contributed by atoms with Gasteiger partial charge >= 0.3 is 0 Å². The molecule has 6 nitrogen and oxygen atoms in total. The first-order valence-corrected chi connectivity index (χ1v) is 8.96. The molecule has 144 valence electrons. The molecule has 0 radical (unpaired) electrons. The molecule has 0 aliphatic heterocycles. The van der Waals surface area contributed by atoms with Crippen LogP contribution in [0.15, 0.2) is 71.3 Å². The highest BCUT2D eigenvalue weighted by Gasteiger charge is 2.13. The average Bonchev–Trinajstić information content (AvgIpc) is 3.23. The number of nitrogens with zero attached hydrogens (tertiary/aromatic N) is 1. The molecule has 0 spiro atoms. The van der Waals surface area contributed by atoms with Crippen molar-refractivity contribution in [3.8, 4) is 5.75 Å². The van der Waals surface area contributed by atoms with E-state index >= 15 is 0 Å². The van der Waals surface area contributed by atoms with Gasteiger partial charge in [-0.3, -0.25) is 9.59 Å². The number of rotatable bonds is 7. The standard InChI is InChI=1S/C21H19ClN2O4/c1-24(13-15-6-2-3-9-18(15)22)20(25)14-28-17-8-4-7-16(12-17)23-21(26)19-10-5-11-27-19/h2-12H,13-14H2,1H3,(H,23,26). The van der Waals surface area contributed by atoms with Crippen molar-refractivity contribution in [2.45, 2.75) is 6.54 Å². The maximum Gasteiger partial charge on any atom is 0.291 e. The molecule has 1 aromatic heterocycles. The second kappa shape index (κ2) is 9.10. The van der Waals surface area contributed by atoms with E-state index in [2.05, 4.69) is 5.32 Å². The molecule has 0 aliphatic carbocycles. The number of amides is 2. The highest BCUT2D eigenvalue weighted by atomic mass is 35.5. The SMILES string of the molecule is CN(Cc1ccccc1Cl)C(=O)COc1cccc(NC(=O)c2ccco2)c1. The minimum absolute atomic E-state index is 0.128. The fraction of sp³-hybridized carbons (Fsp3) is 0.143. The normalized spacial score (nSPS) is 10.4. The topological polar surface area (TPSA) is 71.8 Å². The fourth-order valence-electron chi connectivity index (χ4n) is 2.49. The summed E-state index contributed by atoms with van der Waals surface area (Å²) in [4.78, 5) is 25.9. The molecule has 0 saturated heterocycles. The third kappa shape index (κ3) is 5.14. The molecule has 3 rings (SSSR count). The van der Waals surface area contributed by atoms with Crippen LogP contribution in [0.1, 0.15) is 16.1 Å². The van der Waals surface area contributed by atoms with Gasteiger partial charge in [0.1, 0.15) is 5.75 Å². The van der Waals surface area contributed by atoms with Crippen LogP contribution in [0.25, 0.3) is 0 Å². The van der Waals surface area contributed by atoms with Crippen molar-refractivity contribution >= 4 is 29.1 Å². The van der Waals surface area contributed by atoms with Crippen molar-refractivity contribution < 1.29 is 18.7 Å². The van der Waals surface area contributed by atoms with Gasteiger partial charge in [0, 0.05) is 30.4 Å². The Bertz CT molecular complexity index is 957. The van der Waals surface area contributed by atoms with Gasteiger partial charge in [-0.1, -0.05) is 35.9 Å². The first-order chi connectivity index (χ1) is 13.5. The van der Waals surface area contributed by atoms with Crippen molar-refractivity contribution in [1.29, 1.82) is 0 Å². The summed E-state index contributed by atoms with van der Waals surface area (Å²) in [6.07, 6.45) is 1.43. The van der Waals surface area contributed by atoms with E-state index in [4.69, 9.17) is 20.8 Å². The summed E-state index contributed by atoms with van der Waals surface area (Å²) in [5.74, 6) is 0.127. The molecule has 2 aromatic carbocycles. The summed E-state index contributed by atoms with van der Waals surface area (Å²) >= 11 is 6.13. The van der Waals surface area contributed by atoms with E-state index in [1.54, 1.807) is 54.4 Å². The molecule has 3 aromatic rings. The maximum atomic E-state index is 12.3. The van der Waals surface area contributed by atoms with Crippen LogP contribution in [0.3, 0.4) is 0 Å². The van der Waals surface area contributed by atoms with Gasteiger partial charge in [0.05, 0.1) is 6.26 Å². The number of nitrogens with one attached hydrogen (secondary N) is 1. The molecule has 0 atom stereocenters. The molecule has 1 heterocycles. The predicted octanol–water partition coefficient (Wildman–Crippen LogP) is 4.22. The van der Waals surface area contributed by atoms with Crippen molar-refractivity contribution in [2.75, 3.05) is 19.0 Å². The zero-order chi connectivity index (χ0) is 19.9. The Morgan fingerprint density at radius 1 is 1.11 bits per heavy atom. The molecular formula is C21H19ClN2O4. The lowest BCUT2D eigenvalue weighted by atomic mass is 10.2. The quantitative estimate of drug-likeness (QED) is 0.646. The first kappa shape index (κ1) is 19.5. The van der Waals surface area contributed by atoms with Crippen LogP contribution in [-0.2, 0) is 11.3 Å². The Balaban J connectivity index is 1.54. The molecule has 2 amide bonds. The van der Waals surface area contributed by atoms with E-state index in [1.165, 1.54) is 6.26 Å². The van der Waals surface area contributed by atoms with Gasteiger partial charge in [-0.15, -0.1) is 0 Å². The molecule has 0 aliphatic rings. The van der Waals surface area contributed by atoms with Crippen molar-refractivity contribution in [3.05, 3.63) is 83.3 Å². The molecule has 0 unspecified atom stereocenters. The molecule has 0 bridgehead atoms. The van der Waals surface area contributed by atoms with E-state index in [9.17, 15) is 9.59 Å². The monoisotopic (exact) mass is 398 g/mol. The van der Waals surface area contributed by atoms with Crippen LogP contribution in [0.5, 0.6) is 5.75 Å². The van der Waals surface area contributed by atoms with Gasteiger partial charge in [-0.2, -0.15) is 0 Å². The van der Waals surface area contributed by atoms with Crippen molar-refractivity contribution in [2.24, 2.45) is 0 Å². The van der Waals surface area contributed by atoms with Gasteiger partial charge in [0.2, 0.25) is 0 Å². The number of hydrogen-bond donors (Lipinski definition) is 1. The maximum absolute atomic E-state index is 12.3. The Labute approximate surface area is 167 Å². The van der Waals surface area contributed by atoms with Crippen LogP contribution in [0, 0.1) is 0 Å². The van der Waals surface area contributed by atoms with E-state index in [0.717, 1.165) is 5.56 Å². The smallest absolute Gasteiger partial charge is 0.291 e. The third-order valence-corrected chi connectivity index (χ3v) is 4.36. The molecular weight excluding hydrogens is 380 g/mol. The lowest BCUT2D eigenvalue weighted by Gasteiger charge is -2.18. The van der Waals surface area contributed by atoms with Crippen molar-refractivity contribution in [1.82, 2.24) is 4.90 Å². The number of ether oxygens (including phenoxy) is 1. The molecule has 7 heteroatoms. The van der Waals surface area contributed by atoms with Crippen LogP contribution < -0.4 is 10.1 Å². The lowest BCUT2D eigenvalue weighted by Crippen LogP contribution is -2.31. The minimum Gasteiger partial charge on any atom is -0.484 e. The van der Waals surface area contributed by atoms with Crippen LogP contribution in [0.4, 0.5) is 5.69 Å². The average molecular weight is 399 g/mol. The number of carbonyl (C=O) groups excluding carboxylic acids is 2. The van der Waals surface area contributed by atoms with Gasteiger partial charge in [-0.05, 0) is 35.9 Å². The Kier molecular flexibility index (Phi) is 6.34. The largest absolute Gasteiger partial charge is 0.484 e. The minimum atomic E-state index is -0.363. The zero-order valence-corrected chi connectivity index (χ0v) is 16.0. The van der Waals surface area contributed by atoms with E-state index < -0.39 is 0 Å². The zero-order valence-electron chi connectivity index (χ0n) is 15.2. The van der Waals surface area contributed by atoms with E-state index in [0.29, 0.717) is 23.0 Å². The van der Waals surface area contributed by atoms with E-state index in [1.807, 2.05) is 18.2 Å². The Morgan fingerprint density at radius 2 is 1.93 bits per heavy atom. The first-order valence-electron chi connectivity index (χ1n) is 8.58. The lowest BCUT2D eigenvalue weighted by molar-refractivity contribution is -0.132. The number of halogens is 1. The Hall–Kier alpha value is -3.25. The van der Waals surface area contributed by atoms with Crippen molar-refractivity contribution in [3.63, 3.8) is 0 Å². The number of benzene rings is 2. The second-order valence-corrected chi connectivity index (χ2v) is 6.50. The summed E-state index contributed by atoms with van der Waals surface area (Å²) in [7, 11) is 1.69. The summed E-state index contributed by atoms with van der Waals surface area (Å²) in [6, 6.07) is 17.4. The predicted molar refractivity (Wildman–Crippen MR) is 107 cm³/mol. The summed E-state index contributed by atoms with van der Waals surface area (Å²) in [6.45, 7) is 0.262. The van der Waals surface area contributed by atoms with E-state index in [-0.39, 0.29) is 24.2 Å². The number of furan rings is 1. The van der Waals surface area contributed by atoms with Crippen LogP contribution >= 0.6 is 11.6 Å². The van der Waals surface area contributed by atoms with Gasteiger partial charge in [0.25, 0.3) is 11.8 Å². The summed E-state index contributed by atoms with van der Waals surface area (Å²) in [5, 5.41) is 3.33. The number of hydrogen-bond acceptors (Lipinski definition) is 4. The van der Waals surface area contributed by atoms with Crippen LogP contribution in [-0.4, -0.2) is 30.4 Å². The highest BCUT2D eigenvalue weighted by molar-refractivity contribution is 6.31. The van der Waals surface area contributed by atoms with Gasteiger partial charge in [-0.25, -0.2) is 0 Å². The number of anilines is 1. The third-order valence-electron chi connectivity index (χ3n) is 3.99. The fourth-order valence-corrected chi connectivity index (χ4v) is 2.69. The summed E-state index contributed by atoms with van der Waals surface area (Å²) < 4.78 is 10.6. The van der Waals surface area contributed by atoms with Gasteiger partial charge < -0.3 is 19.4 Å². The molecule has 0 fully saturated rings.